The normalized spacial score (nSPS) is 18.1. The summed E-state index contributed by atoms with van der Waals surface area (Å²) >= 11 is 0. The number of methoxy groups -OCH3 is 1. The SMILES string of the molecule is CCOC(=O)C1(CCC(C)C)CNC(=O)CCCN(C(=O)Cn2cnc3ccccc3c2=O)CCNC(=O)COc2ccc(cc2OC)C1. The van der Waals surface area contributed by atoms with Crippen molar-refractivity contribution >= 4 is 34.6 Å². The molecular formula is C36H47N5O8. The van der Waals surface area contributed by atoms with Crippen molar-refractivity contribution in [2.24, 2.45) is 11.3 Å². The summed E-state index contributed by atoms with van der Waals surface area (Å²) in [6.45, 7) is 6.08. The van der Waals surface area contributed by atoms with E-state index in [1.54, 1.807) is 43.3 Å². The van der Waals surface area contributed by atoms with Crippen molar-refractivity contribution in [3.63, 3.8) is 0 Å². The predicted octanol–water partition coefficient (Wildman–Crippen LogP) is 2.87. The Morgan fingerprint density at radius 3 is 2.61 bits per heavy atom. The molecule has 5 rings (SSSR count). The summed E-state index contributed by atoms with van der Waals surface area (Å²) in [5, 5.41) is 6.14. The van der Waals surface area contributed by atoms with Gasteiger partial charge in [-0.05, 0) is 68.4 Å². The van der Waals surface area contributed by atoms with Crippen molar-refractivity contribution in [2.45, 2.75) is 59.4 Å². The number of hydrogen-bond acceptors (Lipinski definition) is 9. The summed E-state index contributed by atoms with van der Waals surface area (Å²) in [5.41, 5.74) is -0.0709. The standard InChI is InChI=1S/C36H47N5O8/c1-5-48-35(46)36(15-14-25(2)3)20-26-12-13-29(30(19-26)47-4)49-22-32(43)37-16-18-40(17-8-11-31(42)38-23-36)33(44)21-41-24-39-28-10-7-6-9-27(28)34(41)45/h6-7,9-10,12-13,19,24-25H,5,8,11,14-18,20-23H2,1-4H3,(H,37,43)(H,38,42). The first-order valence-electron chi connectivity index (χ1n) is 16.8. The lowest BCUT2D eigenvalue weighted by atomic mass is 9.76. The lowest BCUT2D eigenvalue weighted by molar-refractivity contribution is -0.156. The van der Waals surface area contributed by atoms with Gasteiger partial charge in [0.25, 0.3) is 11.5 Å². The van der Waals surface area contributed by atoms with E-state index in [0.717, 1.165) is 12.0 Å². The van der Waals surface area contributed by atoms with E-state index >= 15 is 0 Å². The van der Waals surface area contributed by atoms with Crippen LogP contribution >= 0.6 is 0 Å². The number of carbonyl (C=O) groups is 4. The van der Waals surface area contributed by atoms with Gasteiger partial charge in [0, 0.05) is 32.6 Å². The molecule has 2 bridgehead atoms. The lowest BCUT2D eigenvalue weighted by Crippen LogP contribution is -2.46. The second-order valence-electron chi connectivity index (χ2n) is 12.7. The third-order valence-corrected chi connectivity index (χ3v) is 8.59. The number of nitrogens with zero attached hydrogens (tertiary/aromatic N) is 3. The van der Waals surface area contributed by atoms with Crippen molar-refractivity contribution in [3.05, 3.63) is 64.7 Å². The van der Waals surface area contributed by atoms with Crippen molar-refractivity contribution in [1.29, 1.82) is 0 Å². The van der Waals surface area contributed by atoms with Gasteiger partial charge in [-0.25, -0.2) is 4.98 Å². The van der Waals surface area contributed by atoms with Gasteiger partial charge in [-0.3, -0.25) is 28.5 Å². The monoisotopic (exact) mass is 677 g/mol. The maximum absolute atomic E-state index is 13.6. The van der Waals surface area contributed by atoms with Crippen molar-refractivity contribution in [2.75, 3.05) is 46.5 Å². The van der Waals surface area contributed by atoms with E-state index < -0.39 is 17.3 Å². The first kappa shape index (κ1) is 36.9. The maximum atomic E-state index is 13.6. The number of esters is 1. The van der Waals surface area contributed by atoms with Gasteiger partial charge in [0.2, 0.25) is 11.8 Å². The molecule has 13 nitrogen and oxygen atoms in total. The number of ether oxygens (including phenoxy) is 3. The first-order valence-corrected chi connectivity index (χ1v) is 16.8. The van der Waals surface area contributed by atoms with Gasteiger partial charge in [0.1, 0.15) is 6.54 Å². The number of rotatable bonds is 8. The fourth-order valence-corrected chi connectivity index (χ4v) is 5.80. The minimum absolute atomic E-state index is 0.0664. The first-order chi connectivity index (χ1) is 23.5. The van der Waals surface area contributed by atoms with Gasteiger partial charge < -0.3 is 29.7 Å². The Bertz CT molecular complexity index is 1690. The Hall–Kier alpha value is -4.94. The Morgan fingerprint density at radius 2 is 1.86 bits per heavy atom. The molecule has 3 amide bonds. The average molecular weight is 678 g/mol. The van der Waals surface area contributed by atoms with Crippen LogP contribution in [0.2, 0.25) is 0 Å². The van der Waals surface area contributed by atoms with Crippen LogP contribution in [0.5, 0.6) is 11.5 Å². The fraction of sp³-hybridized carbons (Fsp3) is 0.500. The van der Waals surface area contributed by atoms with Crippen LogP contribution in [0.4, 0.5) is 0 Å². The van der Waals surface area contributed by atoms with Crippen LogP contribution < -0.4 is 25.7 Å². The molecule has 2 aliphatic rings. The van der Waals surface area contributed by atoms with Gasteiger partial charge in [0.05, 0.1) is 36.4 Å². The molecule has 264 valence electrons. The summed E-state index contributed by atoms with van der Waals surface area (Å²) < 4.78 is 18.2. The molecule has 2 aromatic carbocycles. The van der Waals surface area contributed by atoms with Crippen LogP contribution in [-0.4, -0.2) is 84.6 Å². The zero-order valence-corrected chi connectivity index (χ0v) is 28.8. The number of amides is 3. The molecule has 0 saturated carbocycles. The molecule has 13 heteroatoms. The Balaban J connectivity index is 1.58. The molecule has 0 aliphatic carbocycles. The Labute approximate surface area is 286 Å². The highest BCUT2D eigenvalue weighted by Crippen LogP contribution is 2.35. The van der Waals surface area contributed by atoms with Crippen LogP contribution in [-0.2, 0) is 36.9 Å². The van der Waals surface area contributed by atoms with E-state index in [2.05, 4.69) is 29.5 Å². The molecule has 1 aromatic heterocycles. The second-order valence-corrected chi connectivity index (χ2v) is 12.7. The number of para-hydroxylation sites is 1. The second kappa shape index (κ2) is 17.5. The summed E-state index contributed by atoms with van der Waals surface area (Å²) in [7, 11) is 1.49. The summed E-state index contributed by atoms with van der Waals surface area (Å²) in [6, 6.07) is 12.2. The molecule has 0 saturated heterocycles. The number of nitrogens with one attached hydrogen (secondary N) is 2. The van der Waals surface area contributed by atoms with Crippen LogP contribution in [0.25, 0.3) is 10.9 Å². The van der Waals surface area contributed by atoms with Gasteiger partial charge in [-0.2, -0.15) is 0 Å². The van der Waals surface area contributed by atoms with E-state index in [1.165, 1.54) is 22.9 Å². The van der Waals surface area contributed by atoms with Crippen molar-refractivity contribution in [3.8, 4) is 11.5 Å². The maximum Gasteiger partial charge on any atom is 0.314 e. The zero-order valence-electron chi connectivity index (χ0n) is 28.8. The molecule has 49 heavy (non-hydrogen) atoms. The van der Waals surface area contributed by atoms with Crippen molar-refractivity contribution in [1.82, 2.24) is 25.1 Å². The molecule has 2 N–H and O–H groups in total. The molecular weight excluding hydrogens is 630 g/mol. The van der Waals surface area contributed by atoms with E-state index in [-0.39, 0.29) is 76.2 Å². The Morgan fingerprint density at radius 1 is 1.06 bits per heavy atom. The third kappa shape index (κ3) is 10.0. The van der Waals surface area contributed by atoms with Crippen molar-refractivity contribution < 1.29 is 33.4 Å². The summed E-state index contributed by atoms with van der Waals surface area (Å²) in [6.07, 6.45) is 3.24. The van der Waals surface area contributed by atoms with E-state index in [9.17, 15) is 24.0 Å². The molecule has 0 radical (unpaired) electrons. The van der Waals surface area contributed by atoms with Gasteiger partial charge in [-0.1, -0.05) is 32.0 Å². The number of carbonyl (C=O) groups excluding carboxylic acids is 4. The van der Waals surface area contributed by atoms with Crippen LogP contribution in [0.15, 0.2) is 53.6 Å². The molecule has 0 fully saturated rings. The van der Waals surface area contributed by atoms with Gasteiger partial charge in [-0.15, -0.1) is 0 Å². The predicted molar refractivity (Wildman–Crippen MR) is 183 cm³/mol. The number of fused-ring (bicyclic) bond motifs is 17. The minimum Gasteiger partial charge on any atom is -0.493 e. The number of aromatic nitrogens is 2. The average Bonchev–Trinajstić information content (AvgIpc) is 3.09. The largest absolute Gasteiger partial charge is 0.493 e. The van der Waals surface area contributed by atoms with E-state index in [1.807, 2.05) is 6.07 Å². The molecule has 1 unspecified atom stereocenters. The van der Waals surface area contributed by atoms with Gasteiger partial charge in [0.15, 0.2) is 18.1 Å². The highest BCUT2D eigenvalue weighted by atomic mass is 16.5. The summed E-state index contributed by atoms with van der Waals surface area (Å²) in [5.74, 6) is -0.385. The van der Waals surface area contributed by atoms with Crippen LogP contribution in [0.1, 0.15) is 52.0 Å². The Kier molecular flexibility index (Phi) is 13.1. The number of benzene rings is 2. The topological polar surface area (TPSA) is 158 Å². The lowest BCUT2D eigenvalue weighted by Gasteiger charge is -2.33. The smallest absolute Gasteiger partial charge is 0.314 e. The fourth-order valence-electron chi connectivity index (χ4n) is 5.80. The summed E-state index contributed by atoms with van der Waals surface area (Å²) in [4.78, 5) is 71.9. The molecule has 3 aromatic rings. The third-order valence-electron chi connectivity index (χ3n) is 8.59. The van der Waals surface area contributed by atoms with Crippen LogP contribution in [0.3, 0.4) is 0 Å². The zero-order chi connectivity index (χ0) is 35.4. The molecule has 1 atom stereocenters. The number of hydrogen-bond donors (Lipinski definition) is 2. The molecule has 0 spiro atoms. The molecule has 3 heterocycles. The van der Waals surface area contributed by atoms with Gasteiger partial charge >= 0.3 is 5.97 Å². The highest BCUT2D eigenvalue weighted by Gasteiger charge is 2.40. The highest BCUT2D eigenvalue weighted by molar-refractivity contribution is 5.81. The quantitative estimate of drug-likeness (QED) is 0.270. The van der Waals surface area contributed by atoms with E-state index in [4.69, 9.17) is 14.2 Å². The van der Waals surface area contributed by atoms with E-state index in [0.29, 0.717) is 41.2 Å². The molecule has 2 aliphatic heterocycles. The van der Waals surface area contributed by atoms with Crippen LogP contribution in [0, 0.1) is 11.3 Å². The minimum atomic E-state index is -1.05.